The van der Waals surface area contributed by atoms with Crippen LogP contribution in [0.25, 0.3) is 0 Å². The van der Waals surface area contributed by atoms with Gasteiger partial charge in [-0.3, -0.25) is 14.4 Å². The standard InChI is InChI=1S/C30H46O4.C30H48O3.C4H8O2/c1-25(2)21-8-11-30(7)23(28(21,5)10-9-22(25)32)20(31)16-18-19-17-27(4,24(33)34)13-12-26(19,3)14-15-29(18,30)6;1-25(2)21-10-13-30(7)22(28(21,5)12-11-23(25)31)9-8-19-20-18-27(4,24(32)33)15-14-26(20,3)16-17-29(19,30)6;1-2-6-4-3-5-1/h16,19,21-23,32H,8-15,17H2,1-7H3,(H,33,34);8,20-23,31H,9-18H2,1-7H3,(H,32,33);1-4H2/t19-,21?,22-,23?,26+,27-,28-,29-,30+;20-,21?,22?,23-,26+,27-,28-,29-,30+;/m00./s1. The van der Waals surface area contributed by atoms with Crippen LogP contribution in [0, 0.1) is 100 Å². The van der Waals surface area contributed by atoms with Crippen molar-refractivity contribution in [3.05, 3.63) is 23.3 Å². The first kappa shape index (κ1) is 55.7. The van der Waals surface area contributed by atoms with Crippen LogP contribution in [0.2, 0.25) is 0 Å². The molecule has 9 heteroatoms. The maximum Gasteiger partial charge on any atom is 0.309 e. The second-order valence-electron chi connectivity index (χ2n) is 31.1. The summed E-state index contributed by atoms with van der Waals surface area (Å²) in [6, 6.07) is 0. The Balaban J connectivity index is 0.000000161. The lowest BCUT2D eigenvalue weighted by Gasteiger charge is -2.71. The van der Waals surface area contributed by atoms with Crippen molar-refractivity contribution < 1.29 is 44.3 Å². The van der Waals surface area contributed by atoms with Gasteiger partial charge in [0.2, 0.25) is 0 Å². The Kier molecular flexibility index (Phi) is 13.7. The van der Waals surface area contributed by atoms with Crippen LogP contribution in [0.3, 0.4) is 0 Å². The number of fused-ring (bicyclic) bond motifs is 14. The fourth-order valence-corrected chi connectivity index (χ4v) is 21.3. The Bertz CT molecular complexity index is 2250. The molecule has 0 bridgehead atoms. The lowest BCUT2D eigenvalue weighted by atomic mass is 9.33. The molecule has 1 aliphatic heterocycles. The molecule has 8 saturated carbocycles. The SMILES string of the molecule is C1COCCO1.CC1(C)C2CC[C@]3(C)C(C(=O)C=C4[C@@H]5C[C@@](C)(C(=O)O)CC[C@]5(C)CC[C@@]43C)[C@@]2(C)CC[C@@H]1O.CC1(C)C2CC[C@]3(C)C(CC=C4[C@@H]5C[C@@](C)(C(=O)O)CC[C@]5(C)CC[C@@]43C)[C@@]2(C)CC[C@@H]1O. The molecule has 73 heavy (non-hydrogen) atoms. The zero-order valence-electron chi connectivity index (χ0n) is 48.4. The van der Waals surface area contributed by atoms with E-state index in [1.807, 2.05) is 19.9 Å². The van der Waals surface area contributed by atoms with E-state index >= 15 is 0 Å². The summed E-state index contributed by atoms with van der Waals surface area (Å²) in [5.74, 6) is 1.07. The summed E-state index contributed by atoms with van der Waals surface area (Å²) >= 11 is 0. The van der Waals surface area contributed by atoms with Gasteiger partial charge < -0.3 is 29.9 Å². The van der Waals surface area contributed by atoms with Crippen LogP contribution in [-0.4, -0.2) is 76.8 Å². The Labute approximate surface area is 441 Å². The molecule has 0 radical (unpaired) electrons. The molecular formula is C64H102O9. The van der Waals surface area contributed by atoms with E-state index in [0.29, 0.717) is 30.1 Å². The van der Waals surface area contributed by atoms with E-state index in [1.54, 1.807) is 5.57 Å². The number of aliphatic hydroxyl groups is 2. The molecule has 1 saturated heterocycles. The molecule has 0 spiro atoms. The molecule has 1 heterocycles. The van der Waals surface area contributed by atoms with Gasteiger partial charge in [0.15, 0.2) is 5.78 Å². The summed E-state index contributed by atoms with van der Waals surface area (Å²) in [6.07, 6.45) is 23.2. The highest BCUT2D eigenvalue weighted by Crippen LogP contribution is 2.77. The van der Waals surface area contributed by atoms with E-state index in [1.165, 1.54) is 31.3 Å². The highest BCUT2D eigenvalue weighted by Gasteiger charge is 2.71. The first-order chi connectivity index (χ1) is 33.7. The van der Waals surface area contributed by atoms with Crippen LogP contribution in [0.15, 0.2) is 23.3 Å². The number of ketones is 1. The van der Waals surface area contributed by atoms with Crippen LogP contribution in [0.1, 0.15) is 219 Å². The van der Waals surface area contributed by atoms with Crippen LogP contribution >= 0.6 is 0 Å². The normalized spacial score (nSPS) is 52.2. The van der Waals surface area contributed by atoms with Gasteiger partial charge in [0.05, 0.1) is 49.5 Å². The Hall–Kier alpha value is -2.07. The highest BCUT2D eigenvalue weighted by molar-refractivity contribution is 5.95. The first-order valence-electron chi connectivity index (χ1n) is 29.6. The quantitative estimate of drug-likeness (QED) is 0.198. The minimum Gasteiger partial charge on any atom is -0.481 e. The molecule has 4 unspecified atom stereocenters. The van der Waals surface area contributed by atoms with Crippen molar-refractivity contribution in [2.75, 3.05) is 26.4 Å². The van der Waals surface area contributed by atoms with Gasteiger partial charge in [-0.05, 0) is 226 Å². The van der Waals surface area contributed by atoms with Crippen molar-refractivity contribution >= 4 is 17.7 Å². The summed E-state index contributed by atoms with van der Waals surface area (Å²) in [4.78, 5) is 38.7. The molecule has 412 valence electrons. The molecule has 0 amide bonds. The minimum absolute atomic E-state index is 0.0168. The number of aliphatic hydroxyl groups excluding tert-OH is 2. The number of carboxylic acids is 2. The van der Waals surface area contributed by atoms with Gasteiger partial charge in [-0.15, -0.1) is 0 Å². The zero-order chi connectivity index (χ0) is 53.6. The van der Waals surface area contributed by atoms with E-state index in [4.69, 9.17) is 9.47 Å². The minimum atomic E-state index is -0.711. The van der Waals surface area contributed by atoms with Gasteiger partial charge >= 0.3 is 11.9 Å². The van der Waals surface area contributed by atoms with E-state index in [2.05, 4.69) is 89.2 Å². The average molecular weight is 1020 g/mol. The Morgan fingerprint density at radius 2 is 0.904 bits per heavy atom. The van der Waals surface area contributed by atoms with Crippen molar-refractivity contribution in [3.8, 4) is 0 Å². The highest BCUT2D eigenvalue weighted by atomic mass is 16.6. The van der Waals surface area contributed by atoms with Gasteiger partial charge in [0.25, 0.3) is 0 Å². The molecule has 9 fully saturated rings. The third-order valence-corrected chi connectivity index (χ3v) is 27.1. The van der Waals surface area contributed by atoms with Crippen molar-refractivity contribution in [1.29, 1.82) is 0 Å². The third kappa shape index (κ3) is 7.99. The number of carboxylic acid groups (broad SMARTS) is 2. The number of carbonyl (C=O) groups is 3. The van der Waals surface area contributed by atoms with Gasteiger partial charge in [0, 0.05) is 5.92 Å². The van der Waals surface area contributed by atoms with Crippen molar-refractivity contribution in [2.24, 2.45) is 100 Å². The lowest BCUT2D eigenvalue weighted by Crippen LogP contribution is -2.66. The number of carbonyl (C=O) groups excluding carboxylic acids is 1. The predicted octanol–water partition coefficient (Wildman–Crippen LogP) is 13.7. The topological polar surface area (TPSA) is 151 Å². The van der Waals surface area contributed by atoms with E-state index in [9.17, 15) is 34.8 Å². The van der Waals surface area contributed by atoms with Crippen molar-refractivity contribution in [3.63, 3.8) is 0 Å². The fourth-order valence-electron chi connectivity index (χ4n) is 21.3. The molecule has 11 rings (SSSR count). The van der Waals surface area contributed by atoms with Crippen molar-refractivity contribution in [2.45, 2.75) is 231 Å². The van der Waals surface area contributed by atoms with Crippen molar-refractivity contribution in [1.82, 2.24) is 0 Å². The number of ether oxygens (including phenoxy) is 2. The average Bonchev–Trinajstić information content (AvgIpc) is 3.32. The van der Waals surface area contributed by atoms with E-state index in [-0.39, 0.29) is 84.0 Å². The monoisotopic (exact) mass is 1010 g/mol. The number of allylic oxidation sites excluding steroid dienone is 4. The van der Waals surface area contributed by atoms with Gasteiger partial charge in [-0.2, -0.15) is 0 Å². The maximum absolute atomic E-state index is 14.2. The summed E-state index contributed by atoms with van der Waals surface area (Å²) < 4.78 is 9.89. The molecular weight excluding hydrogens is 913 g/mol. The third-order valence-electron chi connectivity index (χ3n) is 27.1. The van der Waals surface area contributed by atoms with E-state index in [0.717, 1.165) is 116 Å². The van der Waals surface area contributed by atoms with Crippen LogP contribution in [0.4, 0.5) is 0 Å². The van der Waals surface area contributed by atoms with Crippen LogP contribution < -0.4 is 0 Å². The van der Waals surface area contributed by atoms with Crippen LogP contribution in [-0.2, 0) is 23.9 Å². The summed E-state index contributed by atoms with van der Waals surface area (Å²) in [5.41, 5.74) is 2.09. The number of rotatable bonds is 2. The van der Waals surface area contributed by atoms with Gasteiger partial charge in [-0.1, -0.05) is 100 Å². The summed E-state index contributed by atoms with van der Waals surface area (Å²) in [7, 11) is 0. The smallest absolute Gasteiger partial charge is 0.309 e. The summed E-state index contributed by atoms with van der Waals surface area (Å²) in [5, 5.41) is 41.9. The second kappa shape index (κ2) is 18.0. The van der Waals surface area contributed by atoms with Gasteiger partial charge in [0.1, 0.15) is 0 Å². The molecule has 4 N–H and O–H groups in total. The largest absolute Gasteiger partial charge is 0.481 e. The Morgan fingerprint density at radius 1 is 0.493 bits per heavy atom. The zero-order valence-corrected chi connectivity index (χ0v) is 48.4. The van der Waals surface area contributed by atoms with Gasteiger partial charge in [-0.25, -0.2) is 0 Å². The molecule has 0 aromatic carbocycles. The van der Waals surface area contributed by atoms with E-state index < -0.39 is 22.8 Å². The second-order valence-corrected chi connectivity index (χ2v) is 31.1. The molecule has 0 aromatic heterocycles. The number of hydrogen-bond acceptors (Lipinski definition) is 7. The number of aliphatic carboxylic acids is 2. The molecule has 18 atom stereocenters. The maximum atomic E-state index is 14.2. The lowest BCUT2D eigenvalue weighted by molar-refractivity contribution is -0.203. The molecule has 11 aliphatic rings. The first-order valence-corrected chi connectivity index (χ1v) is 29.6. The molecule has 0 aromatic rings. The van der Waals surface area contributed by atoms with Crippen LogP contribution in [0.5, 0.6) is 0 Å². The summed E-state index contributed by atoms with van der Waals surface area (Å²) in [6.45, 7) is 35.8. The Morgan fingerprint density at radius 3 is 1.37 bits per heavy atom. The predicted molar refractivity (Wildman–Crippen MR) is 287 cm³/mol. The molecule has 10 aliphatic carbocycles. The fraction of sp³-hybridized carbons (Fsp3) is 0.891. The number of hydrogen-bond donors (Lipinski definition) is 4. The molecule has 9 nitrogen and oxygen atoms in total.